The van der Waals surface area contributed by atoms with Crippen LogP contribution in [0.25, 0.3) is 0 Å². The summed E-state index contributed by atoms with van der Waals surface area (Å²) in [5.74, 6) is 6.58. The standard InChI is InChI=1S/C17H17NO2/c18-11-1-2-14-3-5-16(6-4-14)13-20-17-9-7-15(12-19)8-10-17/h3-10,19H,11-13,18H2. The Balaban J connectivity index is 1.93. The Hall–Kier alpha value is -2.28. The lowest BCUT2D eigenvalue weighted by Crippen LogP contribution is -1.96. The number of benzene rings is 2. The summed E-state index contributed by atoms with van der Waals surface area (Å²) in [5, 5.41) is 8.96. The van der Waals surface area contributed by atoms with Crippen molar-refractivity contribution in [2.24, 2.45) is 5.73 Å². The quantitative estimate of drug-likeness (QED) is 0.834. The molecule has 3 N–H and O–H groups in total. The molecule has 2 aromatic rings. The number of aliphatic hydroxyl groups is 1. The molecule has 0 amide bonds. The van der Waals surface area contributed by atoms with Gasteiger partial charge in [-0.2, -0.15) is 0 Å². The van der Waals surface area contributed by atoms with Crippen molar-refractivity contribution in [3.8, 4) is 17.6 Å². The average molecular weight is 267 g/mol. The highest BCUT2D eigenvalue weighted by Crippen LogP contribution is 2.14. The van der Waals surface area contributed by atoms with Gasteiger partial charge >= 0.3 is 0 Å². The van der Waals surface area contributed by atoms with E-state index in [2.05, 4.69) is 11.8 Å². The summed E-state index contributed by atoms with van der Waals surface area (Å²) < 4.78 is 5.67. The molecule has 0 spiro atoms. The molecule has 0 saturated heterocycles. The molecule has 2 aromatic carbocycles. The van der Waals surface area contributed by atoms with Gasteiger partial charge in [0.25, 0.3) is 0 Å². The normalized spacial score (nSPS) is 9.70. The van der Waals surface area contributed by atoms with E-state index in [1.807, 2.05) is 48.5 Å². The maximum Gasteiger partial charge on any atom is 0.119 e. The summed E-state index contributed by atoms with van der Waals surface area (Å²) in [4.78, 5) is 0. The van der Waals surface area contributed by atoms with Gasteiger partial charge in [-0.25, -0.2) is 0 Å². The van der Waals surface area contributed by atoms with Gasteiger partial charge in [-0.05, 0) is 35.4 Å². The third-order valence-electron chi connectivity index (χ3n) is 2.80. The molecule has 0 saturated carbocycles. The molecule has 0 bridgehead atoms. The van der Waals surface area contributed by atoms with Crippen LogP contribution in [0.1, 0.15) is 16.7 Å². The number of hydrogen-bond donors (Lipinski definition) is 2. The van der Waals surface area contributed by atoms with E-state index in [1.165, 1.54) is 0 Å². The van der Waals surface area contributed by atoms with E-state index in [0.717, 1.165) is 22.4 Å². The van der Waals surface area contributed by atoms with E-state index in [1.54, 1.807) is 0 Å². The molecular formula is C17H17NO2. The number of aliphatic hydroxyl groups excluding tert-OH is 1. The third kappa shape index (κ3) is 4.13. The van der Waals surface area contributed by atoms with E-state index < -0.39 is 0 Å². The first kappa shape index (κ1) is 14.1. The summed E-state index contributed by atoms with van der Waals surface area (Å²) in [7, 11) is 0. The average Bonchev–Trinajstić information content (AvgIpc) is 2.52. The zero-order valence-corrected chi connectivity index (χ0v) is 11.2. The zero-order chi connectivity index (χ0) is 14.2. The summed E-state index contributed by atoms with van der Waals surface area (Å²) in [6.07, 6.45) is 0. The predicted molar refractivity (Wildman–Crippen MR) is 79.1 cm³/mol. The van der Waals surface area contributed by atoms with Crippen LogP contribution in [-0.4, -0.2) is 11.7 Å². The van der Waals surface area contributed by atoms with Gasteiger partial charge in [-0.1, -0.05) is 36.1 Å². The Labute approximate surface area is 119 Å². The summed E-state index contributed by atoms with van der Waals surface area (Å²) >= 11 is 0. The van der Waals surface area contributed by atoms with E-state index >= 15 is 0 Å². The van der Waals surface area contributed by atoms with Crippen molar-refractivity contribution in [3.63, 3.8) is 0 Å². The second kappa shape index (κ2) is 7.34. The van der Waals surface area contributed by atoms with Gasteiger partial charge in [0.2, 0.25) is 0 Å². The van der Waals surface area contributed by atoms with Crippen molar-refractivity contribution < 1.29 is 9.84 Å². The molecule has 3 nitrogen and oxygen atoms in total. The minimum atomic E-state index is 0.0472. The molecule has 0 atom stereocenters. The first-order valence-electron chi connectivity index (χ1n) is 6.42. The second-order valence-electron chi connectivity index (χ2n) is 4.29. The van der Waals surface area contributed by atoms with Crippen molar-refractivity contribution in [2.75, 3.05) is 6.54 Å². The van der Waals surface area contributed by atoms with E-state index in [9.17, 15) is 0 Å². The van der Waals surface area contributed by atoms with Gasteiger partial charge in [-0.15, -0.1) is 0 Å². The van der Waals surface area contributed by atoms with Crippen LogP contribution in [0, 0.1) is 11.8 Å². The lowest BCUT2D eigenvalue weighted by molar-refractivity contribution is 0.280. The fourth-order valence-corrected chi connectivity index (χ4v) is 1.70. The molecule has 0 unspecified atom stereocenters. The highest BCUT2D eigenvalue weighted by atomic mass is 16.5. The molecule has 0 aromatic heterocycles. The van der Waals surface area contributed by atoms with Crippen molar-refractivity contribution in [2.45, 2.75) is 13.2 Å². The second-order valence-corrected chi connectivity index (χ2v) is 4.29. The SMILES string of the molecule is NCC#Cc1ccc(COc2ccc(CO)cc2)cc1. The molecule has 0 aliphatic heterocycles. The molecule has 20 heavy (non-hydrogen) atoms. The summed E-state index contributed by atoms with van der Waals surface area (Å²) in [6.45, 7) is 0.920. The molecular weight excluding hydrogens is 250 g/mol. The van der Waals surface area contributed by atoms with Crippen LogP contribution in [-0.2, 0) is 13.2 Å². The van der Waals surface area contributed by atoms with Crippen molar-refractivity contribution in [3.05, 3.63) is 65.2 Å². The Morgan fingerprint density at radius 1 is 0.950 bits per heavy atom. The highest BCUT2D eigenvalue weighted by Gasteiger charge is 1.97. The lowest BCUT2D eigenvalue weighted by atomic mass is 10.1. The molecule has 0 aliphatic rings. The van der Waals surface area contributed by atoms with E-state index in [4.69, 9.17) is 15.6 Å². The minimum Gasteiger partial charge on any atom is -0.489 e. The molecule has 0 radical (unpaired) electrons. The van der Waals surface area contributed by atoms with Gasteiger partial charge < -0.3 is 15.6 Å². The predicted octanol–water partition coefficient (Wildman–Crippen LogP) is 2.07. The minimum absolute atomic E-state index is 0.0472. The van der Waals surface area contributed by atoms with Gasteiger partial charge in [-0.3, -0.25) is 0 Å². The smallest absolute Gasteiger partial charge is 0.119 e. The number of hydrogen-bond acceptors (Lipinski definition) is 3. The first-order chi connectivity index (χ1) is 9.81. The molecule has 3 heteroatoms. The molecule has 2 rings (SSSR count). The molecule has 102 valence electrons. The largest absolute Gasteiger partial charge is 0.489 e. The van der Waals surface area contributed by atoms with E-state index in [0.29, 0.717) is 13.2 Å². The first-order valence-corrected chi connectivity index (χ1v) is 6.42. The molecule has 0 fully saturated rings. The van der Waals surface area contributed by atoms with Gasteiger partial charge in [0.05, 0.1) is 13.2 Å². The Morgan fingerprint density at radius 2 is 1.60 bits per heavy atom. The fraction of sp³-hybridized carbons (Fsp3) is 0.176. The van der Waals surface area contributed by atoms with Gasteiger partial charge in [0.1, 0.15) is 12.4 Å². The van der Waals surface area contributed by atoms with Crippen LogP contribution in [0.3, 0.4) is 0 Å². The Bertz CT molecular complexity index is 592. The zero-order valence-electron chi connectivity index (χ0n) is 11.2. The number of ether oxygens (including phenoxy) is 1. The highest BCUT2D eigenvalue weighted by molar-refractivity contribution is 5.36. The van der Waals surface area contributed by atoms with Gasteiger partial charge in [0, 0.05) is 5.56 Å². The third-order valence-corrected chi connectivity index (χ3v) is 2.80. The van der Waals surface area contributed by atoms with Crippen LogP contribution >= 0.6 is 0 Å². The van der Waals surface area contributed by atoms with Crippen LogP contribution in [0.5, 0.6) is 5.75 Å². The lowest BCUT2D eigenvalue weighted by Gasteiger charge is -2.07. The van der Waals surface area contributed by atoms with Crippen LogP contribution in [0.15, 0.2) is 48.5 Å². The van der Waals surface area contributed by atoms with Crippen molar-refractivity contribution in [1.82, 2.24) is 0 Å². The molecule has 0 heterocycles. The number of rotatable bonds is 4. The van der Waals surface area contributed by atoms with Crippen LogP contribution in [0.2, 0.25) is 0 Å². The maximum atomic E-state index is 8.96. The topological polar surface area (TPSA) is 55.5 Å². The van der Waals surface area contributed by atoms with Crippen molar-refractivity contribution in [1.29, 1.82) is 0 Å². The summed E-state index contributed by atoms with van der Waals surface area (Å²) in [5.41, 5.74) is 8.23. The summed E-state index contributed by atoms with van der Waals surface area (Å²) in [6, 6.07) is 15.3. The monoisotopic (exact) mass is 267 g/mol. The van der Waals surface area contributed by atoms with Crippen molar-refractivity contribution >= 4 is 0 Å². The fourth-order valence-electron chi connectivity index (χ4n) is 1.70. The maximum absolute atomic E-state index is 8.96. The Morgan fingerprint density at radius 3 is 2.20 bits per heavy atom. The van der Waals surface area contributed by atoms with Gasteiger partial charge in [0.15, 0.2) is 0 Å². The molecule has 0 aliphatic carbocycles. The van der Waals surface area contributed by atoms with Crippen LogP contribution < -0.4 is 10.5 Å². The Kier molecular flexibility index (Phi) is 5.19. The number of nitrogens with two attached hydrogens (primary N) is 1. The van der Waals surface area contributed by atoms with E-state index in [-0.39, 0.29) is 6.61 Å². The van der Waals surface area contributed by atoms with Crippen LogP contribution in [0.4, 0.5) is 0 Å².